The zero-order valence-electron chi connectivity index (χ0n) is 6.91. The number of hydrogen-bond acceptors (Lipinski definition) is 4. The van der Waals surface area contributed by atoms with Crippen LogP contribution in [0, 0.1) is 4.91 Å². The minimum atomic E-state index is -1.26. The van der Waals surface area contributed by atoms with E-state index in [1.807, 2.05) is 0 Å². The van der Waals surface area contributed by atoms with E-state index in [9.17, 15) is 9.70 Å². The average Bonchev–Trinajstić information content (AvgIpc) is 2.56. The number of rotatable bonds is 2. The number of pyridine rings is 1. The normalized spacial score (nSPS) is 10.3. The van der Waals surface area contributed by atoms with Crippen molar-refractivity contribution >= 4 is 17.4 Å². The van der Waals surface area contributed by atoms with Crippen LogP contribution < -0.4 is 0 Å². The van der Waals surface area contributed by atoms with Crippen LogP contribution in [0.5, 0.6) is 0 Å². The number of aromatic nitrogens is 2. The molecule has 2 aromatic rings. The summed E-state index contributed by atoms with van der Waals surface area (Å²) >= 11 is 0. The van der Waals surface area contributed by atoms with Crippen LogP contribution in [0.2, 0.25) is 0 Å². The molecule has 0 amide bonds. The highest BCUT2D eigenvalue weighted by Gasteiger charge is 2.18. The Morgan fingerprint density at radius 3 is 2.93 bits per heavy atom. The van der Waals surface area contributed by atoms with Crippen molar-refractivity contribution in [2.24, 2.45) is 5.18 Å². The maximum Gasteiger partial charge on any atom is 0.358 e. The monoisotopic (exact) mass is 191 g/mol. The van der Waals surface area contributed by atoms with E-state index in [2.05, 4.69) is 10.2 Å². The van der Waals surface area contributed by atoms with Crippen molar-refractivity contribution in [1.82, 2.24) is 9.38 Å². The molecule has 6 heteroatoms. The van der Waals surface area contributed by atoms with Crippen LogP contribution in [0.25, 0.3) is 5.65 Å². The van der Waals surface area contributed by atoms with Crippen molar-refractivity contribution in [3.8, 4) is 0 Å². The first-order valence-corrected chi connectivity index (χ1v) is 3.78. The van der Waals surface area contributed by atoms with Crippen molar-refractivity contribution in [3.63, 3.8) is 0 Å². The van der Waals surface area contributed by atoms with Gasteiger partial charge in [0.1, 0.15) is 5.65 Å². The molecule has 0 fully saturated rings. The lowest BCUT2D eigenvalue weighted by molar-refractivity contribution is 0.0692. The van der Waals surface area contributed by atoms with Crippen LogP contribution in [0.1, 0.15) is 10.5 Å². The van der Waals surface area contributed by atoms with Gasteiger partial charge in [-0.25, -0.2) is 9.78 Å². The fourth-order valence-corrected chi connectivity index (χ4v) is 1.21. The average molecular weight is 191 g/mol. The maximum atomic E-state index is 10.7. The molecule has 0 aliphatic heterocycles. The molecule has 0 spiro atoms. The number of nitroso groups, excluding NO2 is 1. The summed E-state index contributed by atoms with van der Waals surface area (Å²) < 4.78 is 1.33. The van der Waals surface area contributed by atoms with Gasteiger partial charge in [-0.1, -0.05) is 6.07 Å². The lowest BCUT2D eigenvalue weighted by Crippen LogP contribution is -1.96. The predicted molar refractivity (Wildman–Crippen MR) is 47.6 cm³/mol. The molecule has 0 aliphatic carbocycles. The zero-order chi connectivity index (χ0) is 10.1. The Labute approximate surface area is 77.8 Å². The Bertz CT molecular complexity index is 518. The molecule has 14 heavy (non-hydrogen) atoms. The van der Waals surface area contributed by atoms with E-state index < -0.39 is 5.97 Å². The molecule has 70 valence electrons. The number of carbonyl (C=O) groups is 1. The maximum absolute atomic E-state index is 10.7. The second kappa shape index (κ2) is 2.91. The quantitative estimate of drug-likeness (QED) is 0.727. The molecule has 2 aromatic heterocycles. The Kier molecular flexibility index (Phi) is 1.74. The van der Waals surface area contributed by atoms with Crippen molar-refractivity contribution in [3.05, 3.63) is 35.0 Å². The van der Waals surface area contributed by atoms with Gasteiger partial charge in [0.05, 0.1) is 0 Å². The lowest BCUT2D eigenvalue weighted by Gasteiger charge is -1.90. The Morgan fingerprint density at radius 2 is 2.29 bits per heavy atom. The smallest absolute Gasteiger partial charge is 0.358 e. The number of imidazole rings is 1. The summed E-state index contributed by atoms with van der Waals surface area (Å²) in [6, 6.07) is 4.96. The van der Waals surface area contributed by atoms with Gasteiger partial charge < -0.3 is 5.11 Å². The first kappa shape index (κ1) is 8.36. The van der Waals surface area contributed by atoms with Crippen LogP contribution in [-0.2, 0) is 0 Å². The van der Waals surface area contributed by atoms with Crippen molar-refractivity contribution in [2.45, 2.75) is 0 Å². The third-order valence-electron chi connectivity index (χ3n) is 1.79. The molecule has 0 aromatic carbocycles. The van der Waals surface area contributed by atoms with Crippen LogP contribution in [0.15, 0.2) is 29.6 Å². The molecular weight excluding hydrogens is 186 g/mol. The number of carboxylic acid groups (broad SMARTS) is 1. The molecule has 0 unspecified atom stereocenters. The van der Waals surface area contributed by atoms with Crippen LogP contribution in [0.4, 0.5) is 5.82 Å². The minimum Gasteiger partial charge on any atom is -0.476 e. The molecule has 1 N–H and O–H groups in total. The van der Waals surface area contributed by atoms with Gasteiger partial charge in [0.2, 0.25) is 5.82 Å². The summed E-state index contributed by atoms with van der Waals surface area (Å²) in [6.45, 7) is 0. The number of carboxylic acids is 1. The highest BCUT2D eigenvalue weighted by atomic mass is 16.4. The van der Waals surface area contributed by atoms with E-state index >= 15 is 0 Å². The summed E-state index contributed by atoms with van der Waals surface area (Å²) in [7, 11) is 0. The molecule has 0 aliphatic rings. The van der Waals surface area contributed by atoms with Gasteiger partial charge in [-0.3, -0.25) is 4.40 Å². The summed E-state index contributed by atoms with van der Waals surface area (Å²) in [6.07, 6.45) is 1.53. The van der Waals surface area contributed by atoms with Gasteiger partial charge >= 0.3 is 5.97 Å². The topological polar surface area (TPSA) is 84.0 Å². The van der Waals surface area contributed by atoms with E-state index in [4.69, 9.17) is 5.11 Å². The fourth-order valence-electron chi connectivity index (χ4n) is 1.21. The minimum absolute atomic E-state index is 0.187. The van der Waals surface area contributed by atoms with Gasteiger partial charge in [0.25, 0.3) is 0 Å². The number of hydrogen-bond donors (Lipinski definition) is 1. The summed E-state index contributed by atoms with van der Waals surface area (Å²) in [5, 5.41) is 11.4. The molecule has 2 rings (SSSR count). The molecular formula is C8H5N3O3. The number of aromatic carboxylic acids is 1. The van der Waals surface area contributed by atoms with E-state index in [0.717, 1.165) is 0 Å². The van der Waals surface area contributed by atoms with Gasteiger partial charge in [0.15, 0.2) is 5.69 Å². The third kappa shape index (κ3) is 1.05. The Hall–Kier alpha value is -2.24. The second-order valence-corrected chi connectivity index (χ2v) is 2.61. The first-order valence-electron chi connectivity index (χ1n) is 3.78. The summed E-state index contributed by atoms with van der Waals surface area (Å²) in [5.41, 5.74) is 0.0608. The van der Waals surface area contributed by atoms with Gasteiger partial charge in [-0.15, -0.1) is 4.91 Å². The number of fused-ring (bicyclic) bond motifs is 1. The standard InChI is InChI=1S/C8H5N3O3/c12-8(13)6-7(10-14)11-4-2-1-3-5(11)9-6/h1-4H,(H,12,13). The highest BCUT2D eigenvalue weighted by Crippen LogP contribution is 2.20. The molecule has 6 nitrogen and oxygen atoms in total. The fraction of sp³-hybridized carbons (Fsp3) is 0. The summed E-state index contributed by atoms with van der Waals surface area (Å²) in [4.78, 5) is 24.9. The zero-order valence-corrected chi connectivity index (χ0v) is 6.91. The van der Waals surface area contributed by atoms with Crippen molar-refractivity contribution < 1.29 is 9.90 Å². The van der Waals surface area contributed by atoms with Crippen molar-refractivity contribution in [1.29, 1.82) is 0 Å². The summed E-state index contributed by atoms with van der Waals surface area (Å²) in [5.74, 6) is -1.45. The molecule has 0 bridgehead atoms. The molecule has 0 saturated heterocycles. The van der Waals surface area contributed by atoms with E-state index in [0.29, 0.717) is 5.65 Å². The van der Waals surface area contributed by atoms with E-state index in [1.165, 1.54) is 10.6 Å². The first-order chi connectivity index (χ1) is 6.74. The second-order valence-electron chi connectivity index (χ2n) is 2.61. The molecule has 0 radical (unpaired) electrons. The number of nitrogens with zero attached hydrogens (tertiary/aromatic N) is 3. The predicted octanol–water partition coefficient (Wildman–Crippen LogP) is 1.43. The SMILES string of the molecule is O=Nc1c(C(=O)O)nc2ccccn12. The molecule has 0 saturated carbocycles. The molecule has 2 heterocycles. The largest absolute Gasteiger partial charge is 0.476 e. The van der Waals surface area contributed by atoms with Gasteiger partial charge in [-0.05, 0) is 17.3 Å². The lowest BCUT2D eigenvalue weighted by atomic mass is 10.4. The van der Waals surface area contributed by atoms with Crippen LogP contribution in [-0.4, -0.2) is 20.5 Å². The van der Waals surface area contributed by atoms with Crippen LogP contribution >= 0.6 is 0 Å². The van der Waals surface area contributed by atoms with Crippen LogP contribution in [0.3, 0.4) is 0 Å². The van der Waals surface area contributed by atoms with E-state index in [-0.39, 0.29) is 11.5 Å². The van der Waals surface area contributed by atoms with Gasteiger partial charge in [0, 0.05) is 6.20 Å². The Morgan fingerprint density at radius 1 is 1.50 bits per heavy atom. The third-order valence-corrected chi connectivity index (χ3v) is 1.79. The highest BCUT2D eigenvalue weighted by molar-refractivity contribution is 5.91. The van der Waals surface area contributed by atoms with E-state index in [1.54, 1.807) is 18.2 Å². The Balaban J connectivity index is 2.85. The molecule has 0 atom stereocenters. The van der Waals surface area contributed by atoms with Gasteiger partial charge in [-0.2, -0.15) is 0 Å². The van der Waals surface area contributed by atoms with Crippen molar-refractivity contribution in [2.75, 3.05) is 0 Å².